The minimum atomic E-state index is -1.25. The van der Waals surface area contributed by atoms with Crippen LogP contribution in [-0.4, -0.2) is 61.3 Å². The van der Waals surface area contributed by atoms with E-state index in [4.69, 9.17) is 4.52 Å². The van der Waals surface area contributed by atoms with E-state index in [1.54, 1.807) is 29.4 Å². The molecule has 9 heteroatoms. The number of aromatic nitrogens is 3. The van der Waals surface area contributed by atoms with E-state index < -0.39 is 17.5 Å². The fourth-order valence-electron chi connectivity index (χ4n) is 4.15. The van der Waals surface area contributed by atoms with Crippen LogP contribution in [0.3, 0.4) is 0 Å². The van der Waals surface area contributed by atoms with Crippen LogP contribution in [0, 0.1) is 11.3 Å². The van der Waals surface area contributed by atoms with Crippen molar-refractivity contribution in [2.45, 2.75) is 51.0 Å². The van der Waals surface area contributed by atoms with Crippen molar-refractivity contribution >= 4 is 11.9 Å². The highest BCUT2D eigenvalue weighted by molar-refractivity contribution is 5.80. The molecule has 0 radical (unpaired) electrons. The third-order valence-corrected chi connectivity index (χ3v) is 6.10. The zero-order valence-corrected chi connectivity index (χ0v) is 16.7. The van der Waals surface area contributed by atoms with Crippen molar-refractivity contribution in [2.24, 2.45) is 11.3 Å². The van der Waals surface area contributed by atoms with Gasteiger partial charge in [0.2, 0.25) is 17.6 Å². The third kappa shape index (κ3) is 4.35. The first kappa shape index (κ1) is 20.5. The van der Waals surface area contributed by atoms with Crippen LogP contribution >= 0.6 is 0 Å². The first-order valence-corrected chi connectivity index (χ1v) is 10.4. The largest absolute Gasteiger partial charge is 0.481 e. The number of hydrogen-bond donors (Lipinski definition) is 2. The number of carboxylic acid groups (broad SMARTS) is 1. The van der Waals surface area contributed by atoms with Crippen molar-refractivity contribution in [3.63, 3.8) is 0 Å². The number of likely N-dealkylation sites (tertiary alicyclic amines) is 1. The molecule has 1 aliphatic heterocycles. The smallest absolute Gasteiger partial charge is 0.314 e. The molecule has 2 atom stereocenters. The molecular formula is C21H26N4O5. The summed E-state index contributed by atoms with van der Waals surface area (Å²) in [5.74, 6) is 0.177. The predicted octanol–water partition coefficient (Wildman–Crippen LogP) is 1.92. The second-order valence-corrected chi connectivity index (χ2v) is 8.33. The summed E-state index contributed by atoms with van der Waals surface area (Å²) in [7, 11) is 0. The highest BCUT2D eigenvalue weighted by Gasteiger charge is 2.52. The quantitative estimate of drug-likeness (QED) is 0.670. The van der Waals surface area contributed by atoms with Crippen molar-refractivity contribution in [1.82, 2.24) is 20.0 Å². The molecule has 2 aromatic heterocycles. The minimum Gasteiger partial charge on any atom is -0.481 e. The summed E-state index contributed by atoms with van der Waals surface area (Å²) >= 11 is 0. The van der Waals surface area contributed by atoms with Crippen LogP contribution in [0.4, 0.5) is 0 Å². The summed E-state index contributed by atoms with van der Waals surface area (Å²) in [4.78, 5) is 34.6. The molecular weight excluding hydrogens is 388 g/mol. The Morgan fingerprint density at radius 3 is 2.70 bits per heavy atom. The van der Waals surface area contributed by atoms with E-state index in [1.807, 2.05) is 0 Å². The number of rotatable bonds is 8. The van der Waals surface area contributed by atoms with Gasteiger partial charge in [0.15, 0.2) is 0 Å². The number of carbonyl (C=O) groups excluding carboxylic acids is 1. The van der Waals surface area contributed by atoms with Gasteiger partial charge in [0.25, 0.3) is 0 Å². The van der Waals surface area contributed by atoms with Gasteiger partial charge in [-0.1, -0.05) is 18.0 Å². The Hall–Kier alpha value is -2.81. The molecule has 0 bridgehead atoms. The van der Waals surface area contributed by atoms with Crippen LogP contribution in [0.2, 0.25) is 0 Å². The molecule has 0 aromatic carbocycles. The summed E-state index contributed by atoms with van der Waals surface area (Å²) in [6.07, 6.45) is 6.39. The second-order valence-electron chi connectivity index (χ2n) is 8.33. The molecule has 1 aliphatic carbocycles. The monoisotopic (exact) mass is 414 g/mol. The van der Waals surface area contributed by atoms with Crippen molar-refractivity contribution in [2.75, 3.05) is 13.1 Å². The maximum Gasteiger partial charge on any atom is 0.314 e. The maximum atomic E-state index is 12.7. The number of carbonyl (C=O) groups is 2. The Bertz CT molecular complexity index is 898. The molecule has 4 rings (SSSR count). The van der Waals surface area contributed by atoms with E-state index in [0.717, 1.165) is 18.4 Å². The van der Waals surface area contributed by atoms with Crippen LogP contribution in [0.25, 0.3) is 11.4 Å². The second kappa shape index (κ2) is 8.51. The van der Waals surface area contributed by atoms with Crippen molar-refractivity contribution in [1.29, 1.82) is 0 Å². The molecule has 2 aliphatic rings. The number of amides is 1. The van der Waals surface area contributed by atoms with Crippen LogP contribution in [0.5, 0.6) is 0 Å². The summed E-state index contributed by atoms with van der Waals surface area (Å²) in [5.41, 5.74) is -0.440. The van der Waals surface area contributed by atoms with Crippen LogP contribution < -0.4 is 0 Å². The molecule has 1 saturated heterocycles. The van der Waals surface area contributed by atoms with Gasteiger partial charge in [-0.25, -0.2) is 0 Å². The highest BCUT2D eigenvalue weighted by Crippen LogP contribution is 2.45. The number of aliphatic carboxylic acids is 1. The third-order valence-electron chi connectivity index (χ3n) is 6.10. The maximum absolute atomic E-state index is 12.7. The summed E-state index contributed by atoms with van der Waals surface area (Å²) in [5, 5.41) is 24.2. The molecule has 2 fully saturated rings. The van der Waals surface area contributed by atoms with E-state index >= 15 is 0 Å². The standard InChI is InChI=1S/C21H26N4O5/c26-16-8-11-25(13-21(16,20(28)29)12-14-4-5-14)18(27)3-1-2-17-23-19(24-30-17)15-6-9-22-10-7-15/h6-7,9-10,14,16,26H,1-5,8,11-13H2,(H,28,29)/t16-,21+/m0/s1. The average Bonchev–Trinajstić information content (AvgIpc) is 3.43. The van der Waals surface area contributed by atoms with Gasteiger partial charge in [0.1, 0.15) is 5.41 Å². The van der Waals surface area contributed by atoms with Gasteiger partial charge in [-0.3, -0.25) is 14.6 Å². The topological polar surface area (TPSA) is 130 Å². The van der Waals surface area contributed by atoms with E-state index in [0.29, 0.717) is 49.9 Å². The lowest BCUT2D eigenvalue weighted by Crippen LogP contribution is -2.57. The summed E-state index contributed by atoms with van der Waals surface area (Å²) in [6.45, 7) is 0.456. The van der Waals surface area contributed by atoms with Crippen molar-refractivity contribution in [3.8, 4) is 11.4 Å². The van der Waals surface area contributed by atoms with Crippen LogP contribution in [0.1, 0.15) is 44.4 Å². The summed E-state index contributed by atoms with van der Waals surface area (Å²) in [6, 6.07) is 3.58. The molecule has 2 N–H and O–H groups in total. The lowest BCUT2D eigenvalue weighted by Gasteiger charge is -2.43. The number of aryl methyl sites for hydroxylation is 1. The number of aliphatic hydroxyl groups is 1. The zero-order chi connectivity index (χ0) is 21.1. The lowest BCUT2D eigenvalue weighted by molar-refractivity contribution is -0.167. The Labute approximate surface area is 174 Å². The Kier molecular flexibility index (Phi) is 5.80. The van der Waals surface area contributed by atoms with Gasteiger partial charge in [-0.05, 0) is 37.3 Å². The van der Waals surface area contributed by atoms with E-state index in [1.165, 1.54) is 0 Å². The Morgan fingerprint density at radius 1 is 1.23 bits per heavy atom. The Balaban J connectivity index is 1.32. The molecule has 0 spiro atoms. The van der Waals surface area contributed by atoms with Gasteiger partial charge in [-0.2, -0.15) is 4.98 Å². The fraction of sp³-hybridized carbons (Fsp3) is 0.571. The number of aliphatic hydroxyl groups excluding tert-OH is 1. The molecule has 3 heterocycles. The van der Waals surface area contributed by atoms with E-state index in [-0.39, 0.29) is 18.9 Å². The number of hydrogen-bond acceptors (Lipinski definition) is 7. The van der Waals surface area contributed by atoms with Gasteiger partial charge >= 0.3 is 5.97 Å². The van der Waals surface area contributed by atoms with Crippen LogP contribution in [0.15, 0.2) is 29.0 Å². The molecule has 1 saturated carbocycles. The average molecular weight is 414 g/mol. The van der Waals surface area contributed by atoms with E-state index in [9.17, 15) is 19.8 Å². The van der Waals surface area contributed by atoms with Gasteiger partial charge in [0.05, 0.1) is 6.10 Å². The molecule has 1 amide bonds. The van der Waals surface area contributed by atoms with Crippen LogP contribution in [-0.2, 0) is 16.0 Å². The van der Waals surface area contributed by atoms with Gasteiger partial charge in [-0.15, -0.1) is 0 Å². The number of piperidine rings is 1. The summed E-state index contributed by atoms with van der Waals surface area (Å²) < 4.78 is 5.26. The number of carboxylic acids is 1. The van der Waals surface area contributed by atoms with E-state index in [2.05, 4.69) is 15.1 Å². The first-order valence-electron chi connectivity index (χ1n) is 10.4. The highest BCUT2D eigenvalue weighted by atomic mass is 16.5. The van der Waals surface area contributed by atoms with Gasteiger partial charge in [0, 0.05) is 43.9 Å². The first-order chi connectivity index (χ1) is 14.5. The molecule has 30 heavy (non-hydrogen) atoms. The number of nitrogens with zero attached hydrogens (tertiary/aromatic N) is 4. The SMILES string of the molecule is O=C(CCCc1nc(-c2ccncc2)no1)N1CC[C@H](O)[C@](CC2CC2)(C(=O)O)C1. The molecule has 2 aromatic rings. The fourth-order valence-corrected chi connectivity index (χ4v) is 4.15. The number of pyridine rings is 1. The lowest BCUT2D eigenvalue weighted by atomic mass is 9.73. The zero-order valence-electron chi connectivity index (χ0n) is 16.7. The van der Waals surface area contributed by atoms with Gasteiger partial charge < -0.3 is 19.6 Å². The minimum absolute atomic E-state index is 0.0750. The molecule has 0 unspecified atom stereocenters. The Morgan fingerprint density at radius 2 is 2.00 bits per heavy atom. The van der Waals surface area contributed by atoms with Crippen molar-refractivity contribution in [3.05, 3.63) is 30.4 Å². The predicted molar refractivity (Wildman–Crippen MR) is 105 cm³/mol. The molecule has 160 valence electrons. The normalized spacial score (nSPS) is 24.0. The van der Waals surface area contributed by atoms with Crippen molar-refractivity contribution < 1.29 is 24.3 Å². The molecule has 9 nitrogen and oxygen atoms in total.